The molecule has 106 valence electrons. The van der Waals surface area contributed by atoms with Gasteiger partial charge in [-0.15, -0.1) is 0 Å². The van der Waals surface area contributed by atoms with Gasteiger partial charge in [-0.1, -0.05) is 13.8 Å². The maximum absolute atomic E-state index is 5.62. The molecule has 0 bridgehead atoms. The molecular weight excluding hydrogens is 238 g/mol. The van der Waals surface area contributed by atoms with E-state index in [1.165, 1.54) is 32.1 Å². The van der Waals surface area contributed by atoms with E-state index >= 15 is 0 Å². The molecule has 1 N–H and O–H groups in total. The fourth-order valence-corrected chi connectivity index (χ4v) is 2.37. The second kappa shape index (κ2) is 7.43. The average Bonchev–Trinajstić information content (AvgIpc) is 2.92. The van der Waals surface area contributed by atoms with E-state index in [1.807, 2.05) is 6.07 Å². The summed E-state index contributed by atoms with van der Waals surface area (Å²) in [5.41, 5.74) is 1.09. The number of unbranched alkanes of at least 4 members (excludes halogenated alkanes) is 1. The van der Waals surface area contributed by atoms with Gasteiger partial charge in [-0.3, -0.25) is 0 Å². The van der Waals surface area contributed by atoms with Crippen LogP contribution in [0.2, 0.25) is 0 Å². The van der Waals surface area contributed by atoms with Gasteiger partial charge in [-0.2, -0.15) is 0 Å². The first kappa shape index (κ1) is 14.3. The van der Waals surface area contributed by atoms with Crippen molar-refractivity contribution < 1.29 is 4.74 Å². The van der Waals surface area contributed by atoms with Gasteiger partial charge >= 0.3 is 0 Å². The van der Waals surface area contributed by atoms with Crippen LogP contribution in [0.5, 0.6) is 0 Å². The average molecular weight is 263 g/mol. The molecule has 0 spiro atoms. The molecule has 0 aliphatic carbocycles. The zero-order valence-electron chi connectivity index (χ0n) is 12.1. The summed E-state index contributed by atoms with van der Waals surface area (Å²) >= 11 is 0. The van der Waals surface area contributed by atoms with E-state index in [0.29, 0.717) is 12.0 Å². The maximum Gasteiger partial charge on any atom is 0.129 e. The van der Waals surface area contributed by atoms with Crippen LogP contribution in [0, 0.1) is 0 Å². The molecular formula is C15H25N3O. The molecule has 1 aromatic rings. The standard InChI is InChI=1S/C15H25N3O/c1-12(2)14-10-15(18-11-17-14)16-8-4-3-6-13-7-5-9-19-13/h10-13H,3-9H2,1-2H3,(H,16,17,18)/t13-/m0/s1. The number of aromatic nitrogens is 2. The Morgan fingerprint density at radius 2 is 2.26 bits per heavy atom. The Kier molecular flexibility index (Phi) is 5.58. The predicted molar refractivity (Wildman–Crippen MR) is 77.4 cm³/mol. The smallest absolute Gasteiger partial charge is 0.129 e. The molecule has 1 fully saturated rings. The monoisotopic (exact) mass is 263 g/mol. The Balaban J connectivity index is 1.63. The minimum absolute atomic E-state index is 0.447. The molecule has 1 saturated heterocycles. The molecule has 0 unspecified atom stereocenters. The fraction of sp³-hybridized carbons (Fsp3) is 0.733. The first-order valence-electron chi connectivity index (χ1n) is 7.43. The molecule has 1 aliphatic heterocycles. The maximum atomic E-state index is 5.62. The number of rotatable bonds is 7. The van der Waals surface area contributed by atoms with Crippen molar-refractivity contribution in [3.8, 4) is 0 Å². The fourth-order valence-electron chi connectivity index (χ4n) is 2.37. The third-order valence-electron chi connectivity index (χ3n) is 3.56. The van der Waals surface area contributed by atoms with Crippen LogP contribution in [0.15, 0.2) is 12.4 Å². The van der Waals surface area contributed by atoms with Crippen LogP contribution in [0.4, 0.5) is 5.82 Å². The van der Waals surface area contributed by atoms with Crippen molar-refractivity contribution in [1.29, 1.82) is 0 Å². The van der Waals surface area contributed by atoms with Crippen LogP contribution in [0.25, 0.3) is 0 Å². The number of hydrogen-bond acceptors (Lipinski definition) is 4. The van der Waals surface area contributed by atoms with E-state index in [-0.39, 0.29) is 0 Å². The number of hydrogen-bond donors (Lipinski definition) is 1. The zero-order valence-corrected chi connectivity index (χ0v) is 12.1. The van der Waals surface area contributed by atoms with Crippen molar-refractivity contribution in [1.82, 2.24) is 9.97 Å². The lowest BCUT2D eigenvalue weighted by Crippen LogP contribution is -2.08. The van der Waals surface area contributed by atoms with Gasteiger partial charge in [0.25, 0.3) is 0 Å². The second-order valence-electron chi connectivity index (χ2n) is 5.54. The van der Waals surface area contributed by atoms with E-state index < -0.39 is 0 Å². The summed E-state index contributed by atoms with van der Waals surface area (Å²) in [6, 6.07) is 2.05. The Morgan fingerprint density at radius 3 is 3.00 bits per heavy atom. The minimum Gasteiger partial charge on any atom is -0.378 e. The summed E-state index contributed by atoms with van der Waals surface area (Å²) in [7, 11) is 0. The SMILES string of the molecule is CC(C)c1cc(NCCCC[C@H]2CCCO2)ncn1. The van der Waals surface area contributed by atoms with Gasteiger partial charge in [0.05, 0.1) is 6.10 Å². The summed E-state index contributed by atoms with van der Waals surface area (Å²) in [6.07, 6.45) is 8.23. The van der Waals surface area contributed by atoms with E-state index in [1.54, 1.807) is 6.33 Å². The van der Waals surface area contributed by atoms with E-state index in [0.717, 1.165) is 24.7 Å². The van der Waals surface area contributed by atoms with Gasteiger partial charge in [0, 0.05) is 24.9 Å². The van der Waals surface area contributed by atoms with Gasteiger partial charge in [0.1, 0.15) is 12.1 Å². The Morgan fingerprint density at radius 1 is 1.37 bits per heavy atom. The third kappa shape index (κ3) is 4.78. The quantitative estimate of drug-likeness (QED) is 0.766. The largest absolute Gasteiger partial charge is 0.378 e. The number of ether oxygens (including phenoxy) is 1. The topological polar surface area (TPSA) is 47.0 Å². The first-order valence-corrected chi connectivity index (χ1v) is 7.43. The van der Waals surface area contributed by atoms with Gasteiger partial charge in [-0.25, -0.2) is 9.97 Å². The summed E-state index contributed by atoms with van der Waals surface area (Å²) in [4.78, 5) is 8.52. The highest BCUT2D eigenvalue weighted by atomic mass is 16.5. The van der Waals surface area contributed by atoms with Gasteiger partial charge in [-0.05, 0) is 38.0 Å². The normalized spacial score (nSPS) is 19.0. The molecule has 0 amide bonds. The van der Waals surface area contributed by atoms with Crippen LogP contribution >= 0.6 is 0 Å². The molecule has 2 heterocycles. The van der Waals surface area contributed by atoms with Crippen LogP contribution in [-0.2, 0) is 4.74 Å². The lowest BCUT2D eigenvalue weighted by Gasteiger charge is -2.10. The number of nitrogens with zero attached hydrogens (tertiary/aromatic N) is 2. The van der Waals surface area contributed by atoms with Crippen molar-refractivity contribution >= 4 is 5.82 Å². The van der Waals surface area contributed by atoms with E-state index in [4.69, 9.17) is 4.74 Å². The molecule has 2 rings (SSSR count). The highest BCUT2D eigenvalue weighted by Crippen LogP contribution is 2.18. The molecule has 4 heteroatoms. The van der Waals surface area contributed by atoms with Crippen LogP contribution in [0.1, 0.15) is 57.6 Å². The molecule has 0 saturated carbocycles. The van der Waals surface area contributed by atoms with Crippen LogP contribution < -0.4 is 5.32 Å². The van der Waals surface area contributed by atoms with Gasteiger partial charge < -0.3 is 10.1 Å². The predicted octanol–water partition coefficient (Wildman–Crippen LogP) is 3.36. The van der Waals surface area contributed by atoms with Gasteiger partial charge in [0.15, 0.2) is 0 Å². The van der Waals surface area contributed by atoms with Crippen LogP contribution in [0.3, 0.4) is 0 Å². The molecule has 1 atom stereocenters. The van der Waals surface area contributed by atoms with Crippen molar-refractivity contribution in [2.75, 3.05) is 18.5 Å². The molecule has 1 aromatic heterocycles. The van der Waals surface area contributed by atoms with Crippen LogP contribution in [-0.4, -0.2) is 29.2 Å². The summed E-state index contributed by atoms with van der Waals surface area (Å²) in [6.45, 7) is 6.23. The molecule has 1 aliphatic rings. The third-order valence-corrected chi connectivity index (χ3v) is 3.56. The first-order chi connectivity index (χ1) is 9.25. The summed E-state index contributed by atoms with van der Waals surface area (Å²) < 4.78 is 5.62. The lowest BCUT2D eigenvalue weighted by molar-refractivity contribution is 0.102. The highest BCUT2D eigenvalue weighted by Gasteiger charge is 2.14. The molecule has 0 radical (unpaired) electrons. The Hall–Kier alpha value is -1.16. The number of nitrogens with one attached hydrogen (secondary N) is 1. The Labute approximate surface area is 116 Å². The van der Waals surface area contributed by atoms with Crippen molar-refractivity contribution in [2.45, 2.75) is 58.0 Å². The second-order valence-corrected chi connectivity index (χ2v) is 5.54. The van der Waals surface area contributed by atoms with Crippen molar-refractivity contribution in [3.63, 3.8) is 0 Å². The molecule has 4 nitrogen and oxygen atoms in total. The van der Waals surface area contributed by atoms with Crippen molar-refractivity contribution in [2.24, 2.45) is 0 Å². The minimum atomic E-state index is 0.447. The number of anilines is 1. The summed E-state index contributed by atoms with van der Waals surface area (Å²) in [5, 5.41) is 3.37. The van der Waals surface area contributed by atoms with E-state index in [9.17, 15) is 0 Å². The van der Waals surface area contributed by atoms with Gasteiger partial charge in [0.2, 0.25) is 0 Å². The lowest BCUT2D eigenvalue weighted by atomic mass is 10.1. The van der Waals surface area contributed by atoms with E-state index in [2.05, 4.69) is 29.1 Å². The highest BCUT2D eigenvalue weighted by molar-refractivity contribution is 5.35. The van der Waals surface area contributed by atoms with Crippen molar-refractivity contribution in [3.05, 3.63) is 18.1 Å². The Bertz CT molecular complexity index is 375. The summed E-state index contributed by atoms with van der Waals surface area (Å²) in [5.74, 6) is 1.39. The molecule has 0 aromatic carbocycles. The molecule has 19 heavy (non-hydrogen) atoms. The zero-order chi connectivity index (χ0) is 13.5.